The van der Waals surface area contributed by atoms with Gasteiger partial charge in [0.05, 0.1) is 0 Å². The van der Waals surface area contributed by atoms with Gasteiger partial charge in [0, 0.05) is 5.41 Å². The van der Waals surface area contributed by atoms with Gasteiger partial charge in [0.15, 0.2) is 0 Å². The minimum atomic E-state index is 0.194. The lowest BCUT2D eigenvalue weighted by atomic mass is 9.67. The van der Waals surface area contributed by atoms with Gasteiger partial charge in [0.1, 0.15) is 0 Å². The van der Waals surface area contributed by atoms with Gasteiger partial charge in [-0.15, -0.1) is 0 Å². The van der Waals surface area contributed by atoms with Crippen molar-refractivity contribution in [1.29, 1.82) is 0 Å². The summed E-state index contributed by atoms with van der Waals surface area (Å²) in [5.41, 5.74) is 10.7. The van der Waals surface area contributed by atoms with Crippen molar-refractivity contribution in [2.24, 2.45) is 11.8 Å². The Bertz CT molecular complexity index is 898. The largest absolute Gasteiger partial charge is 0.0827 e. The van der Waals surface area contributed by atoms with Gasteiger partial charge in [0.2, 0.25) is 0 Å². The second kappa shape index (κ2) is 7.54. The van der Waals surface area contributed by atoms with Crippen molar-refractivity contribution >= 4 is 6.08 Å². The van der Waals surface area contributed by atoms with Crippen LogP contribution in [0.1, 0.15) is 87.1 Å². The molecule has 0 heteroatoms. The molecule has 28 heavy (non-hydrogen) atoms. The average Bonchev–Trinajstić information content (AvgIpc) is 2.94. The van der Waals surface area contributed by atoms with Crippen molar-refractivity contribution in [1.82, 2.24) is 0 Å². The summed E-state index contributed by atoms with van der Waals surface area (Å²) in [7, 11) is 0. The Balaban J connectivity index is 1.68. The van der Waals surface area contributed by atoms with E-state index in [2.05, 4.69) is 77.1 Å². The van der Waals surface area contributed by atoms with Crippen LogP contribution in [0.15, 0.2) is 36.4 Å². The normalized spacial score (nSPS) is 20.4. The van der Waals surface area contributed by atoms with Crippen molar-refractivity contribution in [2.75, 3.05) is 0 Å². The SMILES string of the molecule is Cc1ccc2c(c1)C1(CCC(C)CCCC(C)C)CC=Cc3c(C)ccc-2c31. The highest BCUT2D eigenvalue weighted by Gasteiger charge is 2.45. The number of rotatable bonds is 7. The van der Waals surface area contributed by atoms with Gasteiger partial charge >= 0.3 is 0 Å². The first-order valence-electron chi connectivity index (χ1n) is 11.3. The molecule has 4 rings (SSSR count). The molecular weight excluding hydrogens is 336 g/mol. The molecule has 2 atom stereocenters. The van der Waals surface area contributed by atoms with Crippen molar-refractivity contribution in [2.45, 2.75) is 78.6 Å². The molecule has 0 radical (unpaired) electrons. The number of hydrogen-bond acceptors (Lipinski definition) is 0. The fourth-order valence-electron chi connectivity index (χ4n) is 5.57. The van der Waals surface area contributed by atoms with Crippen LogP contribution < -0.4 is 0 Å². The summed E-state index contributed by atoms with van der Waals surface area (Å²) in [5.74, 6) is 1.64. The molecule has 0 spiro atoms. The molecule has 0 aromatic heterocycles. The number of allylic oxidation sites excluding steroid dienone is 1. The summed E-state index contributed by atoms with van der Waals surface area (Å²) in [6, 6.07) is 11.9. The van der Waals surface area contributed by atoms with Gasteiger partial charge in [-0.2, -0.15) is 0 Å². The maximum Gasteiger partial charge on any atom is 0.0255 e. The Labute approximate surface area is 172 Å². The third-order valence-electron chi connectivity index (χ3n) is 7.22. The maximum absolute atomic E-state index is 2.48. The first-order chi connectivity index (χ1) is 13.4. The lowest BCUT2D eigenvalue weighted by Crippen LogP contribution is -2.28. The van der Waals surface area contributed by atoms with Gasteiger partial charge < -0.3 is 0 Å². The molecule has 0 amide bonds. The van der Waals surface area contributed by atoms with Crippen molar-refractivity contribution < 1.29 is 0 Å². The minimum absolute atomic E-state index is 0.194. The molecule has 0 aliphatic heterocycles. The summed E-state index contributed by atoms with van der Waals surface area (Å²) in [4.78, 5) is 0. The van der Waals surface area contributed by atoms with Gasteiger partial charge in [-0.05, 0) is 78.3 Å². The van der Waals surface area contributed by atoms with Gasteiger partial charge in [-0.1, -0.05) is 88.1 Å². The van der Waals surface area contributed by atoms with Gasteiger partial charge in [-0.25, -0.2) is 0 Å². The van der Waals surface area contributed by atoms with E-state index in [-0.39, 0.29) is 5.41 Å². The van der Waals surface area contributed by atoms with E-state index in [4.69, 9.17) is 0 Å². The highest BCUT2D eigenvalue weighted by atomic mass is 14.5. The summed E-state index contributed by atoms with van der Waals surface area (Å²) in [5, 5.41) is 0. The number of aryl methyl sites for hydroxylation is 2. The second-order valence-corrected chi connectivity index (χ2v) is 9.92. The van der Waals surface area contributed by atoms with E-state index in [1.165, 1.54) is 59.9 Å². The number of fused-ring (bicyclic) bond motifs is 3. The zero-order valence-corrected chi connectivity index (χ0v) is 18.4. The van der Waals surface area contributed by atoms with Crippen LogP contribution >= 0.6 is 0 Å². The quantitative estimate of drug-likeness (QED) is 0.459. The topological polar surface area (TPSA) is 0 Å². The monoisotopic (exact) mass is 372 g/mol. The Morgan fingerprint density at radius 1 is 0.929 bits per heavy atom. The maximum atomic E-state index is 2.48. The Hall–Kier alpha value is -1.82. The highest BCUT2D eigenvalue weighted by Crippen LogP contribution is 2.57. The van der Waals surface area contributed by atoms with Crippen molar-refractivity contribution in [3.63, 3.8) is 0 Å². The minimum Gasteiger partial charge on any atom is -0.0827 e. The summed E-state index contributed by atoms with van der Waals surface area (Å²) in [6.45, 7) is 11.7. The molecule has 0 N–H and O–H groups in total. The molecule has 0 bridgehead atoms. The third-order valence-corrected chi connectivity index (χ3v) is 7.22. The zero-order chi connectivity index (χ0) is 19.9. The summed E-state index contributed by atoms with van der Waals surface area (Å²) in [6.07, 6.45) is 12.7. The van der Waals surface area contributed by atoms with Crippen molar-refractivity contribution in [3.8, 4) is 11.1 Å². The molecule has 2 aromatic carbocycles. The fraction of sp³-hybridized carbons (Fsp3) is 0.500. The van der Waals surface area contributed by atoms with E-state index in [0.29, 0.717) is 0 Å². The zero-order valence-electron chi connectivity index (χ0n) is 18.4. The first-order valence-corrected chi connectivity index (χ1v) is 11.3. The molecule has 2 unspecified atom stereocenters. The van der Waals surface area contributed by atoms with Crippen LogP contribution in [0.2, 0.25) is 0 Å². The standard InChI is InChI=1S/C28H36/c1-19(2)8-6-9-20(3)15-17-28-16-7-10-23-22(5)12-14-25(27(23)28)24-13-11-21(4)18-26(24)28/h7,10-14,18-20H,6,8-9,15-17H2,1-5H3. The third kappa shape index (κ3) is 3.25. The van der Waals surface area contributed by atoms with Gasteiger partial charge in [-0.3, -0.25) is 0 Å². The summed E-state index contributed by atoms with van der Waals surface area (Å²) < 4.78 is 0. The van der Waals surface area contributed by atoms with E-state index in [1.807, 2.05) is 0 Å². The van der Waals surface area contributed by atoms with Crippen LogP contribution in [0.4, 0.5) is 0 Å². The Morgan fingerprint density at radius 3 is 2.50 bits per heavy atom. The predicted octanol–water partition coefficient (Wildman–Crippen LogP) is 8.23. The molecule has 2 aromatic rings. The van der Waals surface area contributed by atoms with Crippen LogP contribution in [0.25, 0.3) is 17.2 Å². The van der Waals surface area contributed by atoms with E-state index in [1.54, 1.807) is 11.1 Å². The highest BCUT2D eigenvalue weighted by molar-refractivity contribution is 5.87. The fourth-order valence-corrected chi connectivity index (χ4v) is 5.57. The lowest BCUT2D eigenvalue weighted by Gasteiger charge is -2.36. The molecule has 0 fully saturated rings. The molecular formula is C28H36. The smallest absolute Gasteiger partial charge is 0.0255 e. The predicted molar refractivity (Wildman–Crippen MR) is 123 cm³/mol. The average molecular weight is 373 g/mol. The van der Waals surface area contributed by atoms with Crippen molar-refractivity contribution in [3.05, 3.63) is 64.2 Å². The molecule has 0 saturated carbocycles. The molecule has 0 saturated heterocycles. The van der Waals surface area contributed by atoms with E-state index < -0.39 is 0 Å². The molecule has 148 valence electrons. The molecule has 2 aliphatic rings. The van der Waals surface area contributed by atoms with E-state index >= 15 is 0 Å². The Kier molecular flexibility index (Phi) is 5.25. The van der Waals surface area contributed by atoms with E-state index in [9.17, 15) is 0 Å². The first kappa shape index (κ1) is 19.5. The number of benzene rings is 2. The van der Waals surface area contributed by atoms with Crippen LogP contribution in [-0.2, 0) is 5.41 Å². The van der Waals surface area contributed by atoms with Crippen LogP contribution in [0.5, 0.6) is 0 Å². The molecule has 0 heterocycles. The van der Waals surface area contributed by atoms with Crippen LogP contribution in [0, 0.1) is 25.7 Å². The summed E-state index contributed by atoms with van der Waals surface area (Å²) >= 11 is 0. The molecule has 0 nitrogen and oxygen atoms in total. The lowest BCUT2D eigenvalue weighted by molar-refractivity contribution is 0.374. The number of hydrogen-bond donors (Lipinski definition) is 0. The second-order valence-electron chi connectivity index (χ2n) is 9.92. The van der Waals surface area contributed by atoms with Crippen LogP contribution in [0.3, 0.4) is 0 Å². The van der Waals surface area contributed by atoms with Crippen LogP contribution in [-0.4, -0.2) is 0 Å². The molecule has 2 aliphatic carbocycles. The van der Waals surface area contributed by atoms with Gasteiger partial charge in [0.25, 0.3) is 0 Å². The Morgan fingerprint density at radius 2 is 1.71 bits per heavy atom. The van der Waals surface area contributed by atoms with E-state index in [0.717, 1.165) is 18.3 Å².